The van der Waals surface area contributed by atoms with Crippen molar-refractivity contribution in [3.8, 4) is 0 Å². The molecule has 0 aromatic heterocycles. The summed E-state index contributed by atoms with van der Waals surface area (Å²) in [5.41, 5.74) is 0. The quantitative estimate of drug-likeness (QED) is 0.0203. The molecule has 6 nitrogen and oxygen atoms in total. The zero-order valence-corrected chi connectivity index (χ0v) is 37.6. The van der Waals surface area contributed by atoms with Gasteiger partial charge in [-0.05, 0) is 89.9 Å². The van der Waals surface area contributed by atoms with Crippen LogP contribution in [-0.4, -0.2) is 37.2 Å². The van der Waals surface area contributed by atoms with E-state index in [1.54, 1.807) is 0 Å². The molecule has 0 saturated carbocycles. The number of hydrogen-bond donors (Lipinski definition) is 0. The number of esters is 3. The number of carbonyl (C=O) groups is 3. The average Bonchev–Trinajstić information content (AvgIpc) is 3.24. The zero-order chi connectivity index (χ0) is 43.7. The predicted octanol–water partition coefficient (Wildman–Crippen LogP) is 14.9. The van der Waals surface area contributed by atoms with Crippen molar-refractivity contribution in [2.45, 2.75) is 162 Å². The topological polar surface area (TPSA) is 78.9 Å². The van der Waals surface area contributed by atoms with Crippen molar-refractivity contribution >= 4 is 17.9 Å². The van der Waals surface area contributed by atoms with Crippen molar-refractivity contribution in [3.63, 3.8) is 0 Å². The smallest absolute Gasteiger partial charge is 0.306 e. The minimum atomic E-state index is -0.829. The van der Waals surface area contributed by atoms with E-state index >= 15 is 0 Å². The van der Waals surface area contributed by atoms with E-state index in [0.29, 0.717) is 12.8 Å². The van der Waals surface area contributed by atoms with Gasteiger partial charge in [0, 0.05) is 19.3 Å². The highest BCUT2D eigenvalue weighted by atomic mass is 16.6. The summed E-state index contributed by atoms with van der Waals surface area (Å²) in [6, 6.07) is 0. The Morgan fingerprint density at radius 3 is 1.18 bits per heavy atom. The van der Waals surface area contributed by atoms with Crippen LogP contribution in [0.5, 0.6) is 0 Å². The number of rotatable bonds is 38. The summed E-state index contributed by atoms with van der Waals surface area (Å²) in [6.45, 7) is 6.10. The van der Waals surface area contributed by atoms with Gasteiger partial charge in [-0.2, -0.15) is 0 Å². The molecule has 332 valence electrons. The van der Waals surface area contributed by atoms with Crippen LogP contribution in [0.3, 0.4) is 0 Å². The maximum atomic E-state index is 12.7. The Balaban J connectivity index is 4.61. The van der Waals surface area contributed by atoms with Crippen LogP contribution in [0, 0.1) is 0 Å². The van der Waals surface area contributed by atoms with E-state index in [1.807, 2.05) is 72.9 Å². The number of unbranched alkanes of at least 4 members (excludes halogenated alkanes) is 10. The van der Waals surface area contributed by atoms with Crippen LogP contribution >= 0.6 is 0 Å². The Hall–Kier alpha value is -4.71. The Bertz CT molecular complexity index is 1410. The lowest BCUT2D eigenvalue weighted by Gasteiger charge is -2.18. The minimum absolute atomic E-state index is 0.129. The second-order valence-electron chi connectivity index (χ2n) is 14.4. The third kappa shape index (κ3) is 44.4. The maximum Gasteiger partial charge on any atom is 0.306 e. The van der Waals surface area contributed by atoms with Crippen molar-refractivity contribution in [2.24, 2.45) is 0 Å². The van der Waals surface area contributed by atoms with Gasteiger partial charge >= 0.3 is 17.9 Å². The van der Waals surface area contributed by atoms with Gasteiger partial charge in [-0.1, -0.05) is 192 Å². The van der Waals surface area contributed by atoms with E-state index < -0.39 is 6.10 Å². The molecule has 0 saturated heterocycles. The fourth-order valence-electron chi connectivity index (χ4n) is 5.43. The summed E-state index contributed by atoms with van der Waals surface area (Å²) in [4.78, 5) is 37.8. The van der Waals surface area contributed by atoms with E-state index in [4.69, 9.17) is 14.2 Å². The van der Waals surface area contributed by atoms with E-state index in [-0.39, 0.29) is 50.4 Å². The monoisotopic (exact) mass is 825 g/mol. The standard InChI is InChI=1S/C54H80O6/c1-4-7-10-13-16-19-22-25-27-29-32-35-38-41-44-47-53(56)59-50-51(49-58-52(55)46-43-40-37-34-31-24-21-18-15-12-9-6-3)60-54(57)48-45-42-39-36-33-30-28-26-23-20-17-14-11-8-5-2/h7-14,16-23,25-29,31-32,34,51H,4-6,15,24,30,33,35-50H2,1-3H3/b10-7-,11-8-,12-9-,16-13-,17-14-,21-18-,22-19-,23-20-,27-25-,28-26-,32-29-,34-31-. The van der Waals surface area contributed by atoms with Crippen LogP contribution in [0.1, 0.15) is 156 Å². The molecule has 0 N–H and O–H groups in total. The van der Waals surface area contributed by atoms with E-state index in [9.17, 15) is 14.4 Å². The lowest BCUT2D eigenvalue weighted by molar-refractivity contribution is -0.167. The first-order valence-electron chi connectivity index (χ1n) is 23.0. The second kappa shape index (κ2) is 47.0. The van der Waals surface area contributed by atoms with Gasteiger partial charge in [-0.25, -0.2) is 0 Å². The zero-order valence-electron chi connectivity index (χ0n) is 37.6. The number of hydrogen-bond acceptors (Lipinski definition) is 6. The van der Waals surface area contributed by atoms with Crippen molar-refractivity contribution in [2.75, 3.05) is 13.2 Å². The van der Waals surface area contributed by atoms with Crippen LogP contribution < -0.4 is 0 Å². The van der Waals surface area contributed by atoms with Crippen LogP contribution in [0.15, 0.2) is 146 Å². The molecule has 60 heavy (non-hydrogen) atoms. The first-order chi connectivity index (χ1) is 29.5. The molecule has 0 radical (unpaired) electrons. The molecule has 0 fully saturated rings. The van der Waals surface area contributed by atoms with Gasteiger partial charge in [0.1, 0.15) is 13.2 Å². The van der Waals surface area contributed by atoms with Crippen molar-refractivity contribution in [1.29, 1.82) is 0 Å². The Kier molecular flexibility index (Phi) is 43.3. The second-order valence-corrected chi connectivity index (χ2v) is 14.4. The minimum Gasteiger partial charge on any atom is -0.462 e. The average molecular weight is 825 g/mol. The lowest BCUT2D eigenvalue weighted by atomic mass is 10.1. The highest BCUT2D eigenvalue weighted by Gasteiger charge is 2.19. The first kappa shape index (κ1) is 55.3. The molecular formula is C54H80O6. The van der Waals surface area contributed by atoms with Crippen molar-refractivity contribution in [1.82, 2.24) is 0 Å². The van der Waals surface area contributed by atoms with Gasteiger partial charge in [-0.15, -0.1) is 0 Å². The van der Waals surface area contributed by atoms with Gasteiger partial charge in [0.15, 0.2) is 6.10 Å². The summed E-state index contributed by atoms with van der Waals surface area (Å²) < 4.78 is 16.6. The SMILES string of the molecule is CC\C=C/C=C\C=C/C=C\C=C/CCCCCC(=O)OCC(COC(=O)CCCC/C=C\C/C=C\C/C=C\CC)OC(=O)CCCCCCC\C=C/C=C\C=C/C=C\CC. The molecular weight excluding hydrogens is 745 g/mol. The Morgan fingerprint density at radius 2 is 0.683 bits per heavy atom. The molecule has 0 rings (SSSR count). The highest BCUT2D eigenvalue weighted by molar-refractivity contribution is 5.71. The Morgan fingerprint density at radius 1 is 0.350 bits per heavy atom. The van der Waals surface area contributed by atoms with Crippen LogP contribution in [0.4, 0.5) is 0 Å². The molecule has 0 aliphatic carbocycles. The number of carbonyl (C=O) groups excluding carboxylic acids is 3. The molecule has 1 unspecified atom stereocenters. The molecule has 0 aromatic carbocycles. The number of ether oxygens (including phenoxy) is 3. The van der Waals surface area contributed by atoms with E-state index in [1.165, 1.54) is 0 Å². The maximum absolute atomic E-state index is 12.7. The van der Waals surface area contributed by atoms with E-state index in [0.717, 1.165) is 103 Å². The van der Waals surface area contributed by atoms with Crippen LogP contribution in [0.25, 0.3) is 0 Å². The van der Waals surface area contributed by atoms with Gasteiger partial charge in [0.2, 0.25) is 0 Å². The molecule has 0 amide bonds. The fourth-order valence-corrected chi connectivity index (χ4v) is 5.43. The largest absolute Gasteiger partial charge is 0.462 e. The highest BCUT2D eigenvalue weighted by Crippen LogP contribution is 2.11. The molecule has 0 aromatic rings. The lowest BCUT2D eigenvalue weighted by Crippen LogP contribution is -2.30. The number of allylic oxidation sites excluding steroid dienone is 24. The molecule has 0 bridgehead atoms. The molecule has 1 atom stereocenters. The Labute approximate surface area is 366 Å². The third-order valence-electron chi connectivity index (χ3n) is 8.79. The summed E-state index contributed by atoms with van der Waals surface area (Å²) in [7, 11) is 0. The fraction of sp³-hybridized carbons (Fsp3) is 0.500. The van der Waals surface area contributed by atoms with E-state index in [2.05, 4.69) is 93.7 Å². The molecule has 0 spiro atoms. The normalized spacial score (nSPS) is 13.4. The summed E-state index contributed by atoms with van der Waals surface area (Å²) in [5, 5.41) is 0. The molecule has 0 aliphatic heterocycles. The van der Waals surface area contributed by atoms with Crippen molar-refractivity contribution < 1.29 is 28.6 Å². The molecule has 6 heteroatoms. The summed E-state index contributed by atoms with van der Waals surface area (Å²) in [6.07, 6.45) is 66.8. The summed E-state index contributed by atoms with van der Waals surface area (Å²) >= 11 is 0. The molecule has 0 aliphatic rings. The van der Waals surface area contributed by atoms with Gasteiger partial charge in [0.25, 0.3) is 0 Å². The van der Waals surface area contributed by atoms with Gasteiger partial charge in [0.05, 0.1) is 0 Å². The van der Waals surface area contributed by atoms with Gasteiger partial charge in [-0.3, -0.25) is 14.4 Å². The van der Waals surface area contributed by atoms with Gasteiger partial charge < -0.3 is 14.2 Å². The van der Waals surface area contributed by atoms with Crippen LogP contribution in [-0.2, 0) is 28.6 Å². The predicted molar refractivity (Wildman–Crippen MR) is 255 cm³/mol. The first-order valence-corrected chi connectivity index (χ1v) is 23.0. The third-order valence-corrected chi connectivity index (χ3v) is 8.79. The van der Waals surface area contributed by atoms with Crippen molar-refractivity contribution in [3.05, 3.63) is 146 Å². The van der Waals surface area contributed by atoms with Crippen LogP contribution in [0.2, 0.25) is 0 Å². The molecule has 0 heterocycles. The summed E-state index contributed by atoms with van der Waals surface area (Å²) in [5.74, 6) is -1.05.